The Kier molecular flexibility index (Phi) is 5.08. The second-order valence-electron chi connectivity index (χ2n) is 6.67. The molecule has 0 unspecified atom stereocenters. The summed E-state index contributed by atoms with van der Waals surface area (Å²) in [7, 11) is -1.06. The van der Waals surface area contributed by atoms with Crippen LogP contribution < -0.4 is 14.2 Å². The van der Waals surface area contributed by atoms with Gasteiger partial charge in [0, 0.05) is 6.20 Å². The zero-order valence-corrected chi connectivity index (χ0v) is 17.4. The molecule has 156 valence electrons. The Morgan fingerprint density at radius 1 is 1.13 bits per heavy atom. The third-order valence-electron chi connectivity index (χ3n) is 4.51. The Labute approximate surface area is 173 Å². The van der Waals surface area contributed by atoms with Crippen LogP contribution in [0.3, 0.4) is 0 Å². The predicted octanol–water partition coefficient (Wildman–Crippen LogP) is 3.20. The third-order valence-corrected chi connectivity index (χ3v) is 5.89. The van der Waals surface area contributed by atoms with E-state index in [0.29, 0.717) is 23.3 Å². The second-order valence-corrected chi connectivity index (χ2v) is 8.32. The van der Waals surface area contributed by atoms with Gasteiger partial charge in [-0.25, -0.2) is 8.42 Å². The van der Waals surface area contributed by atoms with Crippen LogP contribution in [-0.2, 0) is 16.6 Å². The summed E-state index contributed by atoms with van der Waals surface area (Å²) in [6.45, 7) is 2.47. The van der Waals surface area contributed by atoms with Crippen LogP contribution in [0.2, 0.25) is 0 Å². The molecule has 0 bridgehead atoms. The number of aromatic nitrogens is 3. The summed E-state index contributed by atoms with van der Waals surface area (Å²) in [5.41, 5.74) is 2.32. The highest BCUT2D eigenvalue weighted by Crippen LogP contribution is 2.35. The Morgan fingerprint density at radius 2 is 1.90 bits per heavy atom. The predicted molar refractivity (Wildman–Crippen MR) is 110 cm³/mol. The highest BCUT2D eigenvalue weighted by Gasteiger charge is 2.24. The van der Waals surface area contributed by atoms with Crippen molar-refractivity contribution < 1.29 is 22.4 Å². The van der Waals surface area contributed by atoms with Gasteiger partial charge in [0.2, 0.25) is 0 Å². The summed E-state index contributed by atoms with van der Waals surface area (Å²) < 4.78 is 46.1. The molecular weight excluding hydrogens is 408 g/mol. The van der Waals surface area contributed by atoms with Crippen LogP contribution in [0.1, 0.15) is 11.1 Å². The van der Waals surface area contributed by atoms with Crippen molar-refractivity contribution in [1.82, 2.24) is 14.9 Å². The molecule has 10 heteroatoms. The first-order chi connectivity index (χ1) is 14.4. The fraction of sp³-hybridized carbons (Fsp3) is 0.200. The Balaban J connectivity index is 1.72. The molecule has 0 saturated carbocycles. The molecule has 1 N–H and O–H groups in total. The van der Waals surface area contributed by atoms with Gasteiger partial charge < -0.3 is 14.0 Å². The first kappa shape index (κ1) is 19.8. The molecule has 0 radical (unpaired) electrons. The molecule has 2 heterocycles. The molecule has 0 aliphatic heterocycles. The topological polar surface area (TPSA) is 108 Å². The lowest BCUT2D eigenvalue weighted by atomic mass is 10.1. The number of methoxy groups -OCH3 is 2. The lowest BCUT2D eigenvalue weighted by molar-refractivity contribution is 0.403. The van der Waals surface area contributed by atoms with E-state index in [1.807, 2.05) is 13.1 Å². The van der Waals surface area contributed by atoms with E-state index in [2.05, 4.69) is 15.0 Å². The van der Waals surface area contributed by atoms with Crippen molar-refractivity contribution in [2.45, 2.75) is 18.4 Å². The number of anilines is 1. The highest BCUT2D eigenvalue weighted by atomic mass is 32.2. The average Bonchev–Trinajstić information content (AvgIpc) is 3.33. The average molecular weight is 428 g/mol. The van der Waals surface area contributed by atoms with Gasteiger partial charge in [0.1, 0.15) is 21.8 Å². The van der Waals surface area contributed by atoms with E-state index in [4.69, 9.17) is 14.0 Å². The van der Waals surface area contributed by atoms with Gasteiger partial charge in [0.25, 0.3) is 10.0 Å². The number of benzene rings is 2. The van der Waals surface area contributed by atoms with Crippen LogP contribution in [0.4, 0.5) is 5.82 Å². The molecule has 9 nitrogen and oxygen atoms in total. The van der Waals surface area contributed by atoms with Crippen LogP contribution in [0, 0.1) is 6.92 Å². The summed E-state index contributed by atoms with van der Waals surface area (Å²) in [6.07, 6.45) is 3.69. The molecule has 0 spiro atoms. The molecule has 0 aliphatic rings. The molecule has 0 aliphatic carbocycles. The van der Waals surface area contributed by atoms with Crippen LogP contribution in [0.5, 0.6) is 11.5 Å². The Bertz CT molecular complexity index is 1310. The van der Waals surface area contributed by atoms with Crippen molar-refractivity contribution in [2.24, 2.45) is 0 Å². The third kappa shape index (κ3) is 3.69. The molecular formula is C20H20N4O5S. The van der Waals surface area contributed by atoms with Gasteiger partial charge in [0.15, 0.2) is 11.4 Å². The first-order valence-electron chi connectivity index (χ1n) is 9.02. The fourth-order valence-electron chi connectivity index (χ4n) is 3.18. The fourth-order valence-corrected chi connectivity index (χ4v) is 4.35. The lowest BCUT2D eigenvalue weighted by Gasteiger charge is -2.11. The number of sulfonamides is 1. The molecule has 30 heavy (non-hydrogen) atoms. The van der Waals surface area contributed by atoms with E-state index in [1.165, 1.54) is 20.3 Å². The van der Waals surface area contributed by atoms with E-state index in [0.717, 1.165) is 11.1 Å². The van der Waals surface area contributed by atoms with Crippen LogP contribution >= 0.6 is 0 Å². The number of hydrogen-bond donors (Lipinski definition) is 1. The molecule has 0 saturated heterocycles. The number of aryl methyl sites for hydroxylation is 1. The molecule has 4 rings (SSSR count). The van der Waals surface area contributed by atoms with Gasteiger partial charge in [-0.2, -0.15) is 5.10 Å². The molecule has 0 atom stereocenters. The number of para-hydroxylation sites is 1. The summed E-state index contributed by atoms with van der Waals surface area (Å²) in [5.74, 6) is 0.696. The molecule has 2 aromatic carbocycles. The van der Waals surface area contributed by atoms with Gasteiger partial charge in [-0.05, 0) is 42.3 Å². The van der Waals surface area contributed by atoms with E-state index >= 15 is 0 Å². The smallest absolute Gasteiger partial charge is 0.266 e. The monoisotopic (exact) mass is 428 g/mol. The van der Waals surface area contributed by atoms with Crippen molar-refractivity contribution in [3.8, 4) is 11.5 Å². The van der Waals surface area contributed by atoms with Crippen molar-refractivity contribution in [1.29, 1.82) is 0 Å². The normalized spacial score (nSPS) is 11.6. The van der Waals surface area contributed by atoms with E-state index in [1.54, 1.807) is 41.2 Å². The summed E-state index contributed by atoms with van der Waals surface area (Å²) in [4.78, 5) is -0.00621. The minimum atomic E-state index is -3.97. The van der Waals surface area contributed by atoms with Gasteiger partial charge in [0.05, 0.1) is 27.0 Å². The maximum atomic E-state index is 12.9. The summed E-state index contributed by atoms with van der Waals surface area (Å²) in [6, 6.07) is 9.90. The Morgan fingerprint density at radius 3 is 2.60 bits per heavy atom. The van der Waals surface area contributed by atoms with E-state index in [9.17, 15) is 8.42 Å². The van der Waals surface area contributed by atoms with Crippen molar-refractivity contribution >= 4 is 26.8 Å². The van der Waals surface area contributed by atoms with Crippen LogP contribution in [0.25, 0.3) is 11.0 Å². The van der Waals surface area contributed by atoms with E-state index in [-0.39, 0.29) is 16.5 Å². The summed E-state index contributed by atoms with van der Waals surface area (Å²) in [5, 5.41) is 8.62. The van der Waals surface area contributed by atoms with Crippen molar-refractivity contribution in [3.05, 3.63) is 59.9 Å². The lowest BCUT2D eigenvalue weighted by Crippen LogP contribution is -2.14. The van der Waals surface area contributed by atoms with Gasteiger partial charge in [-0.1, -0.05) is 17.3 Å². The standard InChI is InChI=1S/C20H20N4O5S/c1-13-10-21-24(11-13)12-14-8-16(28-3)19-17(9-14)29-22-20(19)23-30(25,26)18-7-5-4-6-15(18)27-2/h4-11H,12H2,1-3H3,(H,22,23). The van der Waals surface area contributed by atoms with Crippen molar-refractivity contribution in [3.63, 3.8) is 0 Å². The molecule has 0 amide bonds. The number of ether oxygens (including phenoxy) is 2. The van der Waals surface area contributed by atoms with Crippen LogP contribution in [0.15, 0.2) is 58.2 Å². The largest absolute Gasteiger partial charge is 0.496 e. The number of hydrogen-bond acceptors (Lipinski definition) is 7. The molecule has 0 fully saturated rings. The zero-order chi connectivity index (χ0) is 21.3. The quantitative estimate of drug-likeness (QED) is 0.481. The van der Waals surface area contributed by atoms with Crippen molar-refractivity contribution in [2.75, 3.05) is 18.9 Å². The maximum Gasteiger partial charge on any atom is 0.266 e. The first-order valence-corrected chi connectivity index (χ1v) is 10.5. The summed E-state index contributed by atoms with van der Waals surface area (Å²) >= 11 is 0. The number of nitrogens with zero attached hydrogens (tertiary/aromatic N) is 3. The Hall–Kier alpha value is -3.53. The second kappa shape index (κ2) is 7.71. The maximum absolute atomic E-state index is 12.9. The van der Waals surface area contributed by atoms with Gasteiger partial charge in [-0.3, -0.25) is 9.40 Å². The SMILES string of the molecule is COc1ccccc1S(=O)(=O)Nc1noc2cc(Cn3cc(C)cn3)cc(OC)c12. The zero-order valence-electron chi connectivity index (χ0n) is 16.6. The minimum absolute atomic E-state index is 0.00621. The highest BCUT2D eigenvalue weighted by molar-refractivity contribution is 7.92. The van der Waals surface area contributed by atoms with E-state index < -0.39 is 10.0 Å². The molecule has 2 aromatic heterocycles. The number of rotatable bonds is 7. The molecule has 4 aromatic rings. The number of nitrogens with one attached hydrogen (secondary N) is 1. The van der Waals surface area contributed by atoms with Gasteiger partial charge >= 0.3 is 0 Å². The number of fused-ring (bicyclic) bond motifs is 1. The van der Waals surface area contributed by atoms with Crippen LogP contribution in [-0.4, -0.2) is 37.6 Å². The van der Waals surface area contributed by atoms with Gasteiger partial charge in [-0.15, -0.1) is 0 Å². The minimum Gasteiger partial charge on any atom is -0.496 e.